The maximum absolute atomic E-state index is 2.27. The van der Waals surface area contributed by atoms with Gasteiger partial charge in [-0.3, -0.25) is 0 Å². The average Bonchev–Trinajstić information content (AvgIpc) is 2.93. The molecule has 2 aromatic carbocycles. The molecule has 2 rings (SSSR count). The molecule has 0 aliphatic carbocycles. The number of hydrogen-bond acceptors (Lipinski definition) is 0. The van der Waals surface area contributed by atoms with Crippen LogP contribution in [0.4, 0.5) is 0 Å². The molecular formula is C14H20FeP2. The SMILES string of the molecule is CP(C)[c-]1cccc1.CP(C)[c-]1cccc1.[Fe+2]. The first kappa shape index (κ1) is 17.1. The zero-order valence-corrected chi connectivity index (χ0v) is 13.8. The van der Waals surface area contributed by atoms with E-state index in [2.05, 4.69) is 75.2 Å². The van der Waals surface area contributed by atoms with Crippen molar-refractivity contribution in [3.05, 3.63) is 48.5 Å². The Morgan fingerprint density at radius 3 is 0.941 bits per heavy atom. The van der Waals surface area contributed by atoms with E-state index < -0.39 is 0 Å². The van der Waals surface area contributed by atoms with E-state index >= 15 is 0 Å². The molecule has 0 atom stereocenters. The van der Waals surface area contributed by atoms with Gasteiger partial charge >= 0.3 is 17.1 Å². The number of rotatable bonds is 2. The number of hydrogen-bond donors (Lipinski definition) is 0. The molecule has 0 radical (unpaired) electrons. The maximum atomic E-state index is 2.27. The Labute approximate surface area is 119 Å². The summed E-state index contributed by atoms with van der Waals surface area (Å²) in [6, 6.07) is 17.1. The van der Waals surface area contributed by atoms with Crippen molar-refractivity contribution in [1.82, 2.24) is 0 Å². The first-order valence-electron chi connectivity index (χ1n) is 5.39. The van der Waals surface area contributed by atoms with Crippen molar-refractivity contribution in [2.45, 2.75) is 0 Å². The summed E-state index contributed by atoms with van der Waals surface area (Å²) in [4.78, 5) is 0. The largest absolute Gasteiger partial charge is 2.00 e. The van der Waals surface area contributed by atoms with E-state index in [0.29, 0.717) is 0 Å². The molecule has 0 N–H and O–H groups in total. The Morgan fingerprint density at radius 1 is 0.588 bits per heavy atom. The van der Waals surface area contributed by atoms with E-state index in [0.717, 1.165) is 0 Å². The molecule has 0 aliphatic rings. The molecule has 17 heavy (non-hydrogen) atoms. The summed E-state index contributed by atoms with van der Waals surface area (Å²) in [5.74, 6) is 0. The summed E-state index contributed by atoms with van der Waals surface area (Å²) in [6.45, 7) is 9.07. The molecule has 0 fully saturated rings. The summed E-state index contributed by atoms with van der Waals surface area (Å²) in [5, 5.41) is 3.00. The van der Waals surface area contributed by atoms with Gasteiger partial charge in [0.25, 0.3) is 0 Å². The zero-order chi connectivity index (χ0) is 12.0. The summed E-state index contributed by atoms with van der Waals surface area (Å²) >= 11 is 0. The molecule has 0 saturated heterocycles. The van der Waals surface area contributed by atoms with Crippen molar-refractivity contribution in [2.75, 3.05) is 26.7 Å². The van der Waals surface area contributed by atoms with Crippen LogP contribution in [0.2, 0.25) is 0 Å². The van der Waals surface area contributed by atoms with Crippen molar-refractivity contribution in [3.63, 3.8) is 0 Å². The second-order valence-electron chi connectivity index (χ2n) is 4.08. The van der Waals surface area contributed by atoms with Crippen molar-refractivity contribution in [3.8, 4) is 0 Å². The molecule has 94 valence electrons. The summed E-state index contributed by atoms with van der Waals surface area (Å²) < 4.78 is 0. The van der Waals surface area contributed by atoms with Crippen LogP contribution < -0.4 is 10.6 Å². The minimum atomic E-state index is 0. The smallest absolute Gasteiger partial charge is 0.213 e. The molecule has 0 heterocycles. The third-order valence-corrected chi connectivity index (χ3v) is 4.98. The predicted molar refractivity (Wildman–Crippen MR) is 80.9 cm³/mol. The molecule has 0 amide bonds. The van der Waals surface area contributed by atoms with Crippen LogP contribution in [-0.4, -0.2) is 26.7 Å². The predicted octanol–water partition coefficient (Wildman–Crippen LogP) is 3.54. The van der Waals surface area contributed by atoms with Gasteiger partial charge in [-0.1, -0.05) is 26.7 Å². The van der Waals surface area contributed by atoms with Crippen molar-refractivity contribution >= 4 is 26.5 Å². The molecule has 0 aliphatic heterocycles. The van der Waals surface area contributed by atoms with Crippen LogP contribution in [-0.2, 0) is 17.1 Å². The van der Waals surface area contributed by atoms with Crippen LogP contribution in [0.3, 0.4) is 0 Å². The minimum absolute atomic E-state index is 0. The van der Waals surface area contributed by atoms with Gasteiger partial charge in [-0.2, -0.15) is 24.3 Å². The van der Waals surface area contributed by atoms with E-state index in [9.17, 15) is 0 Å². The summed E-state index contributed by atoms with van der Waals surface area (Å²) in [5.41, 5.74) is 0. The van der Waals surface area contributed by atoms with Gasteiger partial charge < -0.3 is 0 Å². The van der Waals surface area contributed by atoms with Gasteiger partial charge in [-0.25, -0.2) is 24.3 Å². The van der Waals surface area contributed by atoms with Crippen molar-refractivity contribution in [2.24, 2.45) is 0 Å². The Morgan fingerprint density at radius 2 is 0.824 bits per heavy atom. The Bertz CT molecular complexity index is 323. The van der Waals surface area contributed by atoms with E-state index in [1.54, 1.807) is 0 Å². The summed E-state index contributed by atoms with van der Waals surface area (Å²) in [7, 11) is 0.283. The van der Waals surface area contributed by atoms with Gasteiger partial charge in [0.05, 0.1) is 0 Å². The third-order valence-electron chi connectivity index (χ3n) is 2.32. The summed E-state index contributed by atoms with van der Waals surface area (Å²) in [6.07, 6.45) is 0. The van der Waals surface area contributed by atoms with Gasteiger partial charge in [0.15, 0.2) is 0 Å². The standard InChI is InChI=1S/2C7H10P.Fe/c2*1-8(2)7-5-3-4-6-7;/h2*3-6H,1-2H3;/q2*-1;+2. The Balaban J connectivity index is 0.000000284. The van der Waals surface area contributed by atoms with Crippen LogP contribution in [0.5, 0.6) is 0 Å². The molecule has 2 aromatic rings. The molecule has 0 saturated carbocycles. The first-order chi connectivity index (χ1) is 7.61. The Hall–Kier alpha value is 0.0795. The van der Waals surface area contributed by atoms with E-state index in [4.69, 9.17) is 0 Å². The first-order valence-corrected chi connectivity index (χ1v) is 9.86. The van der Waals surface area contributed by atoms with Crippen LogP contribution in [0.15, 0.2) is 48.5 Å². The zero-order valence-electron chi connectivity index (χ0n) is 10.9. The molecular weight excluding hydrogens is 286 g/mol. The molecule has 0 aromatic heterocycles. The van der Waals surface area contributed by atoms with Gasteiger partial charge in [-0.15, -0.1) is 26.5 Å². The van der Waals surface area contributed by atoms with Gasteiger partial charge in [-0.05, 0) is 0 Å². The monoisotopic (exact) mass is 306 g/mol. The molecule has 0 nitrogen and oxygen atoms in total. The fraction of sp³-hybridized carbons (Fsp3) is 0.286. The minimum Gasteiger partial charge on any atom is -0.213 e. The molecule has 0 unspecified atom stereocenters. The van der Waals surface area contributed by atoms with Crippen LogP contribution in [0.25, 0.3) is 0 Å². The van der Waals surface area contributed by atoms with Crippen LogP contribution in [0.1, 0.15) is 0 Å². The average molecular weight is 306 g/mol. The second-order valence-corrected chi connectivity index (χ2v) is 8.69. The van der Waals surface area contributed by atoms with Crippen LogP contribution in [0, 0.1) is 0 Å². The second kappa shape index (κ2) is 9.07. The maximum Gasteiger partial charge on any atom is 2.00 e. The quantitative estimate of drug-likeness (QED) is 0.452. The molecule has 0 bridgehead atoms. The van der Waals surface area contributed by atoms with E-state index in [-0.39, 0.29) is 32.9 Å². The van der Waals surface area contributed by atoms with Gasteiger partial charge in [0.2, 0.25) is 0 Å². The fourth-order valence-electron chi connectivity index (χ4n) is 1.32. The van der Waals surface area contributed by atoms with Gasteiger partial charge in [0.1, 0.15) is 0 Å². The van der Waals surface area contributed by atoms with Crippen LogP contribution >= 0.6 is 15.8 Å². The topological polar surface area (TPSA) is 0 Å². The normalized spacial score (nSPS) is 9.76. The molecule has 3 heteroatoms. The van der Waals surface area contributed by atoms with E-state index in [1.807, 2.05) is 0 Å². The third kappa shape index (κ3) is 6.54. The van der Waals surface area contributed by atoms with Crippen molar-refractivity contribution in [1.29, 1.82) is 0 Å². The Kier molecular flexibility index (Phi) is 9.11. The molecule has 0 spiro atoms. The van der Waals surface area contributed by atoms with E-state index in [1.165, 1.54) is 10.6 Å². The van der Waals surface area contributed by atoms with Crippen molar-refractivity contribution < 1.29 is 17.1 Å². The van der Waals surface area contributed by atoms with Gasteiger partial charge in [0, 0.05) is 0 Å². The fourth-order valence-corrected chi connectivity index (χ4v) is 2.86.